The maximum absolute atomic E-state index is 14.0. The van der Waals surface area contributed by atoms with Crippen molar-refractivity contribution in [2.45, 2.75) is 58.0 Å². The lowest BCUT2D eigenvalue weighted by Gasteiger charge is -2.32. The SMILES string of the molecule is CCCCNC(=O)[C@@H](C)N(Cc1ccc(OC)cc1)C(=O)CN(c1ccc(C)cc1)S(=O)(=O)c1ccc(OCC)cc1. The summed E-state index contributed by atoms with van der Waals surface area (Å²) in [5.74, 6) is 0.387. The molecule has 1 atom stereocenters. The van der Waals surface area contributed by atoms with E-state index in [1.54, 1.807) is 62.6 Å². The Labute approximate surface area is 249 Å². The molecule has 3 aromatic carbocycles. The number of sulfonamides is 1. The summed E-state index contributed by atoms with van der Waals surface area (Å²) in [5.41, 5.74) is 2.06. The maximum Gasteiger partial charge on any atom is 0.264 e. The van der Waals surface area contributed by atoms with E-state index in [4.69, 9.17) is 9.47 Å². The highest BCUT2D eigenvalue weighted by atomic mass is 32.2. The third-order valence-electron chi connectivity index (χ3n) is 6.83. The van der Waals surface area contributed by atoms with Crippen LogP contribution in [-0.2, 0) is 26.2 Å². The first-order chi connectivity index (χ1) is 20.1. The quantitative estimate of drug-likeness (QED) is 0.250. The van der Waals surface area contributed by atoms with Gasteiger partial charge in [0, 0.05) is 13.1 Å². The van der Waals surface area contributed by atoms with Gasteiger partial charge < -0.3 is 19.7 Å². The largest absolute Gasteiger partial charge is 0.497 e. The molecule has 2 amide bonds. The van der Waals surface area contributed by atoms with Gasteiger partial charge in [-0.2, -0.15) is 0 Å². The predicted octanol–water partition coefficient (Wildman–Crippen LogP) is 4.93. The Balaban J connectivity index is 1.98. The molecule has 9 nitrogen and oxygen atoms in total. The van der Waals surface area contributed by atoms with Gasteiger partial charge in [-0.15, -0.1) is 0 Å². The number of anilines is 1. The van der Waals surface area contributed by atoms with Gasteiger partial charge in [-0.3, -0.25) is 13.9 Å². The van der Waals surface area contributed by atoms with Gasteiger partial charge >= 0.3 is 0 Å². The van der Waals surface area contributed by atoms with E-state index in [9.17, 15) is 18.0 Å². The minimum Gasteiger partial charge on any atom is -0.497 e. The molecule has 0 radical (unpaired) electrons. The summed E-state index contributed by atoms with van der Waals surface area (Å²) in [7, 11) is -2.59. The number of nitrogens with zero attached hydrogens (tertiary/aromatic N) is 2. The minimum absolute atomic E-state index is 0.0198. The van der Waals surface area contributed by atoms with Gasteiger partial charge in [0.15, 0.2) is 0 Å². The molecule has 42 heavy (non-hydrogen) atoms. The second-order valence-electron chi connectivity index (χ2n) is 9.94. The number of methoxy groups -OCH3 is 1. The number of unbranched alkanes of at least 4 members (excludes halogenated alkanes) is 1. The Hall–Kier alpha value is -4.05. The summed E-state index contributed by atoms with van der Waals surface area (Å²) in [6.07, 6.45) is 1.73. The third kappa shape index (κ3) is 8.48. The van der Waals surface area contributed by atoms with Crippen molar-refractivity contribution >= 4 is 27.5 Å². The van der Waals surface area contributed by atoms with Gasteiger partial charge in [-0.05, 0) is 81.3 Å². The number of carbonyl (C=O) groups excluding carboxylic acids is 2. The molecule has 226 valence electrons. The van der Waals surface area contributed by atoms with Crippen molar-refractivity contribution in [2.75, 3.05) is 31.1 Å². The normalized spacial score (nSPS) is 11.8. The highest BCUT2D eigenvalue weighted by molar-refractivity contribution is 7.92. The van der Waals surface area contributed by atoms with Crippen LogP contribution in [0.1, 0.15) is 44.7 Å². The lowest BCUT2D eigenvalue weighted by Crippen LogP contribution is -2.51. The highest BCUT2D eigenvalue weighted by Crippen LogP contribution is 2.26. The van der Waals surface area contributed by atoms with Crippen LogP contribution in [0.25, 0.3) is 0 Å². The van der Waals surface area contributed by atoms with E-state index in [1.807, 2.05) is 32.9 Å². The second kappa shape index (κ2) is 15.3. The Morgan fingerprint density at radius 2 is 1.52 bits per heavy atom. The lowest BCUT2D eigenvalue weighted by molar-refractivity contribution is -0.139. The number of hydrogen-bond donors (Lipinski definition) is 1. The molecule has 0 spiro atoms. The molecule has 0 fully saturated rings. The van der Waals surface area contributed by atoms with Crippen molar-refractivity contribution in [1.82, 2.24) is 10.2 Å². The molecule has 0 heterocycles. The van der Waals surface area contributed by atoms with Crippen LogP contribution in [0.4, 0.5) is 5.69 Å². The molecule has 0 saturated carbocycles. The van der Waals surface area contributed by atoms with Gasteiger partial charge in [0.05, 0.1) is 24.3 Å². The van der Waals surface area contributed by atoms with Crippen LogP contribution in [0.3, 0.4) is 0 Å². The van der Waals surface area contributed by atoms with Crippen molar-refractivity contribution in [3.05, 3.63) is 83.9 Å². The van der Waals surface area contributed by atoms with Crippen LogP contribution in [0.15, 0.2) is 77.7 Å². The second-order valence-corrected chi connectivity index (χ2v) is 11.8. The van der Waals surface area contributed by atoms with Crippen molar-refractivity contribution in [3.8, 4) is 11.5 Å². The summed E-state index contributed by atoms with van der Waals surface area (Å²) in [5, 5.41) is 2.89. The van der Waals surface area contributed by atoms with Crippen LogP contribution in [0, 0.1) is 6.92 Å². The number of amides is 2. The molecular weight excluding hydrogens is 554 g/mol. The Bertz CT molecular complexity index is 1410. The highest BCUT2D eigenvalue weighted by Gasteiger charge is 2.32. The Morgan fingerprint density at radius 3 is 2.10 bits per heavy atom. The first kappa shape index (κ1) is 32.5. The molecule has 3 rings (SSSR count). The number of benzene rings is 3. The van der Waals surface area contributed by atoms with E-state index in [0.717, 1.165) is 28.3 Å². The standard InChI is InChI=1S/C32H41N3O6S/c1-6-8-21-33-32(37)25(4)34(22-26-11-15-28(40-5)16-12-26)31(36)23-35(27-13-9-24(3)10-14-27)42(38,39)30-19-17-29(18-20-30)41-7-2/h9-20,25H,6-8,21-23H2,1-5H3,(H,33,37)/t25-/m1/s1. The maximum atomic E-state index is 14.0. The van der Waals surface area contributed by atoms with Gasteiger partial charge in [0.1, 0.15) is 24.1 Å². The Kier molecular flexibility index (Phi) is 11.8. The van der Waals surface area contributed by atoms with Crippen LogP contribution < -0.4 is 19.1 Å². The third-order valence-corrected chi connectivity index (χ3v) is 8.62. The first-order valence-electron chi connectivity index (χ1n) is 14.1. The average Bonchev–Trinajstić information content (AvgIpc) is 2.99. The van der Waals surface area contributed by atoms with Crippen LogP contribution in [-0.4, -0.2) is 58.0 Å². The molecule has 0 aliphatic heterocycles. The fourth-order valence-corrected chi connectivity index (χ4v) is 5.70. The van der Waals surface area contributed by atoms with Crippen LogP contribution in [0.2, 0.25) is 0 Å². The monoisotopic (exact) mass is 595 g/mol. The topological polar surface area (TPSA) is 105 Å². The molecule has 0 aliphatic rings. The number of aryl methyl sites for hydroxylation is 1. The number of ether oxygens (including phenoxy) is 2. The molecule has 1 N–H and O–H groups in total. The molecule has 3 aromatic rings. The fourth-order valence-electron chi connectivity index (χ4n) is 4.29. The zero-order valence-corrected chi connectivity index (χ0v) is 25.8. The van der Waals surface area contributed by atoms with Crippen molar-refractivity contribution in [3.63, 3.8) is 0 Å². The predicted molar refractivity (Wildman–Crippen MR) is 164 cm³/mol. The number of nitrogens with one attached hydrogen (secondary N) is 1. The fraction of sp³-hybridized carbons (Fsp3) is 0.375. The van der Waals surface area contributed by atoms with Crippen LogP contribution >= 0.6 is 0 Å². The van der Waals surface area contributed by atoms with Gasteiger partial charge in [0.25, 0.3) is 10.0 Å². The van der Waals surface area contributed by atoms with Crippen LogP contribution in [0.5, 0.6) is 11.5 Å². The molecule has 0 bridgehead atoms. The molecule has 10 heteroatoms. The van der Waals surface area contributed by atoms with E-state index < -0.39 is 28.5 Å². The molecule has 0 unspecified atom stereocenters. The Morgan fingerprint density at radius 1 is 0.905 bits per heavy atom. The average molecular weight is 596 g/mol. The smallest absolute Gasteiger partial charge is 0.264 e. The molecule has 0 aromatic heterocycles. The lowest BCUT2D eigenvalue weighted by atomic mass is 10.1. The van der Waals surface area contributed by atoms with E-state index in [-0.39, 0.29) is 17.3 Å². The summed E-state index contributed by atoms with van der Waals surface area (Å²) in [4.78, 5) is 28.5. The van der Waals surface area contributed by atoms with Gasteiger partial charge in [-0.25, -0.2) is 8.42 Å². The van der Waals surface area contributed by atoms with E-state index in [1.165, 1.54) is 17.0 Å². The van der Waals surface area contributed by atoms with Crippen molar-refractivity contribution in [2.24, 2.45) is 0 Å². The van der Waals surface area contributed by atoms with Crippen molar-refractivity contribution in [1.29, 1.82) is 0 Å². The summed E-state index contributed by atoms with van der Waals surface area (Å²) >= 11 is 0. The zero-order valence-electron chi connectivity index (χ0n) is 25.0. The molecule has 0 aliphatic carbocycles. The minimum atomic E-state index is -4.16. The van der Waals surface area contributed by atoms with Gasteiger partial charge in [0.2, 0.25) is 11.8 Å². The number of carbonyl (C=O) groups is 2. The summed E-state index contributed by atoms with van der Waals surface area (Å²) in [6.45, 7) is 7.97. The first-order valence-corrected chi connectivity index (χ1v) is 15.6. The molecule has 0 saturated heterocycles. The van der Waals surface area contributed by atoms with E-state index in [2.05, 4.69) is 5.32 Å². The molecular formula is C32H41N3O6S. The summed E-state index contributed by atoms with van der Waals surface area (Å²) in [6, 6.07) is 19.4. The number of hydrogen-bond acceptors (Lipinski definition) is 6. The van der Waals surface area contributed by atoms with E-state index in [0.29, 0.717) is 30.3 Å². The number of rotatable bonds is 15. The summed E-state index contributed by atoms with van der Waals surface area (Å²) < 4.78 is 39.8. The zero-order chi connectivity index (χ0) is 30.7. The van der Waals surface area contributed by atoms with Crippen molar-refractivity contribution < 1.29 is 27.5 Å². The van der Waals surface area contributed by atoms with E-state index >= 15 is 0 Å². The van der Waals surface area contributed by atoms with Gasteiger partial charge in [-0.1, -0.05) is 43.2 Å².